The zero-order chi connectivity index (χ0) is 18.8. The van der Waals surface area contributed by atoms with Crippen LogP contribution in [0.2, 0.25) is 0 Å². The molecule has 0 aliphatic carbocycles. The number of carbonyl (C=O) groups excluding carboxylic acids is 3. The number of anilines is 1. The Balaban J connectivity index is 2.48. The molecule has 1 rings (SSSR count). The van der Waals surface area contributed by atoms with Gasteiger partial charge in [0.25, 0.3) is 11.8 Å². The first-order valence-corrected chi connectivity index (χ1v) is 8.72. The summed E-state index contributed by atoms with van der Waals surface area (Å²) < 4.78 is 4.94. The van der Waals surface area contributed by atoms with E-state index < -0.39 is 5.91 Å². The molecule has 0 radical (unpaired) electrons. The van der Waals surface area contributed by atoms with Crippen molar-refractivity contribution >= 4 is 23.5 Å². The van der Waals surface area contributed by atoms with Crippen molar-refractivity contribution in [2.24, 2.45) is 5.92 Å². The van der Waals surface area contributed by atoms with E-state index in [2.05, 4.69) is 5.32 Å². The molecule has 138 valence electrons. The largest absolute Gasteiger partial charge is 0.456 e. The van der Waals surface area contributed by atoms with Gasteiger partial charge in [0, 0.05) is 30.8 Å². The summed E-state index contributed by atoms with van der Waals surface area (Å²) >= 11 is 0. The first-order valence-electron chi connectivity index (χ1n) is 8.72. The standard InChI is InChI=1S/C19H28N2O4/c1-5-21(6-2)19(24)15-8-10-16(11-9-15)20-17(22)13-25-18(23)12-7-14(3)4/h8-11,14H,5-7,12-13H2,1-4H3,(H,20,22). The maximum Gasteiger partial charge on any atom is 0.306 e. The molecule has 0 bridgehead atoms. The van der Waals surface area contributed by atoms with Crippen molar-refractivity contribution in [3.05, 3.63) is 29.8 Å². The number of rotatable bonds is 9. The minimum atomic E-state index is -0.402. The van der Waals surface area contributed by atoms with Crippen LogP contribution in [-0.2, 0) is 14.3 Å². The first-order chi connectivity index (χ1) is 11.9. The van der Waals surface area contributed by atoms with E-state index in [0.29, 0.717) is 36.7 Å². The molecule has 0 saturated heterocycles. The van der Waals surface area contributed by atoms with Crippen LogP contribution < -0.4 is 5.32 Å². The van der Waals surface area contributed by atoms with Crippen LogP contribution in [0.4, 0.5) is 5.69 Å². The van der Waals surface area contributed by atoms with Crippen molar-refractivity contribution < 1.29 is 19.1 Å². The molecule has 1 aromatic carbocycles. The van der Waals surface area contributed by atoms with Gasteiger partial charge in [-0.15, -0.1) is 0 Å². The number of nitrogens with one attached hydrogen (secondary N) is 1. The van der Waals surface area contributed by atoms with E-state index in [-0.39, 0.29) is 18.5 Å². The molecule has 0 heterocycles. The number of benzene rings is 1. The molecule has 0 unspecified atom stereocenters. The first kappa shape index (κ1) is 20.7. The molecule has 0 fully saturated rings. The number of hydrogen-bond donors (Lipinski definition) is 1. The molecule has 0 aliphatic rings. The lowest BCUT2D eigenvalue weighted by molar-refractivity contribution is -0.147. The maximum atomic E-state index is 12.2. The van der Waals surface area contributed by atoms with Gasteiger partial charge >= 0.3 is 5.97 Å². The average Bonchev–Trinajstić information content (AvgIpc) is 2.59. The van der Waals surface area contributed by atoms with Gasteiger partial charge in [0.15, 0.2) is 6.61 Å². The average molecular weight is 348 g/mol. The molecule has 6 nitrogen and oxygen atoms in total. The van der Waals surface area contributed by atoms with Gasteiger partial charge in [-0.05, 0) is 50.5 Å². The lowest BCUT2D eigenvalue weighted by Gasteiger charge is -2.18. The van der Waals surface area contributed by atoms with Crippen molar-refractivity contribution in [3.63, 3.8) is 0 Å². The Bertz CT molecular complexity index is 578. The van der Waals surface area contributed by atoms with Crippen molar-refractivity contribution in [2.75, 3.05) is 25.0 Å². The van der Waals surface area contributed by atoms with Crippen LogP contribution in [0.1, 0.15) is 50.9 Å². The van der Waals surface area contributed by atoms with Crippen molar-refractivity contribution in [2.45, 2.75) is 40.5 Å². The second kappa shape index (κ2) is 10.5. The SMILES string of the molecule is CCN(CC)C(=O)c1ccc(NC(=O)COC(=O)CCC(C)C)cc1. The molecule has 6 heteroatoms. The van der Waals surface area contributed by atoms with Gasteiger partial charge in [-0.25, -0.2) is 0 Å². The van der Waals surface area contributed by atoms with Crippen molar-refractivity contribution in [3.8, 4) is 0 Å². The Hall–Kier alpha value is -2.37. The van der Waals surface area contributed by atoms with Crippen LogP contribution in [0.5, 0.6) is 0 Å². The molecule has 1 aromatic rings. The topological polar surface area (TPSA) is 75.7 Å². The van der Waals surface area contributed by atoms with Crippen LogP contribution in [-0.4, -0.2) is 42.4 Å². The predicted octanol–water partition coefficient (Wildman–Crippen LogP) is 3.09. The third-order valence-corrected chi connectivity index (χ3v) is 3.76. The van der Waals surface area contributed by atoms with Crippen LogP contribution in [0.3, 0.4) is 0 Å². The van der Waals surface area contributed by atoms with Gasteiger partial charge in [0.05, 0.1) is 0 Å². The molecule has 0 aliphatic heterocycles. The number of ether oxygens (including phenoxy) is 1. The number of amides is 2. The fourth-order valence-electron chi connectivity index (χ4n) is 2.21. The molecule has 0 saturated carbocycles. The minimum Gasteiger partial charge on any atom is -0.456 e. The summed E-state index contributed by atoms with van der Waals surface area (Å²) in [7, 11) is 0. The summed E-state index contributed by atoms with van der Waals surface area (Å²) in [6.45, 7) is 8.89. The summed E-state index contributed by atoms with van der Waals surface area (Å²) in [6, 6.07) is 6.67. The number of carbonyl (C=O) groups is 3. The molecule has 0 atom stereocenters. The Labute approximate surface area is 149 Å². The van der Waals surface area contributed by atoms with Crippen molar-refractivity contribution in [1.82, 2.24) is 4.90 Å². The fourth-order valence-corrected chi connectivity index (χ4v) is 2.21. The van der Waals surface area contributed by atoms with Crippen LogP contribution >= 0.6 is 0 Å². The summed E-state index contributed by atoms with van der Waals surface area (Å²) in [5.74, 6) is -0.398. The molecular weight excluding hydrogens is 320 g/mol. The maximum absolute atomic E-state index is 12.2. The highest BCUT2D eigenvalue weighted by molar-refractivity contribution is 5.96. The summed E-state index contributed by atoms with van der Waals surface area (Å²) in [5, 5.41) is 2.64. The van der Waals surface area contributed by atoms with E-state index >= 15 is 0 Å². The second-order valence-corrected chi connectivity index (χ2v) is 6.20. The van der Waals surface area contributed by atoms with E-state index in [1.54, 1.807) is 29.2 Å². The smallest absolute Gasteiger partial charge is 0.306 e. The monoisotopic (exact) mass is 348 g/mol. The summed E-state index contributed by atoms with van der Waals surface area (Å²) in [4.78, 5) is 37.2. The van der Waals surface area contributed by atoms with E-state index in [1.165, 1.54) is 0 Å². The molecule has 1 N–H and O–H groups in total. The lowest BCUT2D eigenvalue weighted by atomic mass is 10.1. The predicted molar refractivity (Wildman–Crippen MR) is 97.4 cm³/mol. The van der Waals surface area contributed by atoms with E-state index in [1.807, 2.05) is 27.7 Å². The number of hydrogen-bond acceptors (Lipinski definition) is 4. The van der Waals surface area contributed by atoms with Gasteiger partial charge in [-0.2, -0.15) is 0 Å². The highest BCUT2D eigenvalue weighted by Gasteiger charge is 2.13. The number of nitrogens with zero attached hydrogens (tertiary/aromatic N) is 1. The van der Waals surface area contributed by atoms with E-state index in [9.17, 15) is 14.4 Å². The van der Waals surface area contributed by atoms with Gasteiger partial charge < -0.3 is 15.0 Å². The highest BCUT2D eigenvalue weighted by atomic mass is 16.5. The molecule has 2 amide bonds. The molecule has 0 spiro atoms. The van der Waals surface area contributed by atoms with Gasteiger partial charge in [-0.1, -0.05) is 13.8 Å². The Morgan fingerprint density at radius 3 is 2.20 bits per heavy atom. The normalized spacial score (nSPS) is 10.4. The molecular formula is C19H28N2O4. The fraction of sp³-hybridized carbons (Fsp3) is 0.526. The Kier molecular flexibility index (Phi) is 8.67. The van der Waals surface area contributed by atoms with Crippen LogP contribution in [0.25, 0.3) is 0 Å². The Morgan fingerprint density at radius 1 is 1.08 bits per heavy atom. The third kappa shape index (κ3) is 7.37. The van der Waals surface area contributed by atoms with Crippen molar-refractivity contribution in [1.29, 1.82) is 0 Å². The zero-order valence-corrected chi connectivity index (χ0v) is 15.5. The van der Waals surface area contributed by atoms with Crippen LogP contribution in [0.15, 0.2) is 24.3 Å². The Morgan fingerprint density at radius 2 is 1.68 bits per heavy atom. The van der Waals surface area contributed by atoms with E-state index in [4.69, 9.17) is 4.74 Å². The number of esters is 1. The second-order valence-electron chi connectivity index (χ2n) is 6.20. The van der Waals surface area contributed by atoms with Gasteiger partial charge in [-0.3, -0.25) is 14.4 Å². The van der Waals surface area contributed by atoms with Gasteiger partial charge in [0.1, 0.15) is 0 Å². The minimum absolute atomic E-state index is 0.0399. The third-order valence-electron chi connectivity index (χ3n) is 3.76. The van der Waals surface area contributed by atoms with E-state index in [0.717, 1.165) is 6.42 Å². The summed E-state index contributed by atoms with van der Waals surface area (Å²) in [6.07, 6.45) is 1.05. The lowest BCUT2D eigenvalue weighted by Crippen LogP contribution is -2.30. The van der Waals surface area contributed by atoms with Crippen LogP contribution in [0, 0.1) is 5.92 Å². The summed E-state index contributed by atoms with van der Waals surface area (Å²) in [5.41, 5.74) is 1.13. The quantitative estimate of drug-likeness (QED) is 0.696. The highest BCUT2D eigenvalue weighted by Crippen LogP contribution is 2.12. The van der Waals surface area contributed by atoms with Gasteiger partial charge in [0.2, 0.25) is 0 Å². The molecule has 0 aromatic heterocycles. The zero-order valence-electron chi connectivity index (χ0n) is 15.5. The molecule has 25 heavy (non-hydrogen) atoms.